The zero-order chi connectivity index (χ0) is 14.7. The van der Waals surface area contributed by atoms with E-state index < -0.39 is 0 Å². The molecule has 4 heteroatoms. The third kappa shape index (κ3) is 3.98. The molecule has 1 N–H and O–H groups in total. The van der Waals surface area contributed by atoms with Gasteiger partial charge in [0.25, 0.3) is 0 Å². The van der Waals surface area contributed by atoms with Gasteiger partial charge in [0, 0.05) is 31.7 Å². The molecule has 4 nitrogen and oxygen atoms in total. The molecular weight excluding hydrogens is 262 g/mol. The van der Waals surface area contributed by atoms with Gasteiger partial charge in [-0.3, -0.25) is 9.69 Å². The molecular formula is C17H31N3O. The summed E-state index contributed by atoms with van der Waals surface area (Å²) >= 11 is 0. The average Bonchev–Trinajstić information content (AvgIpc) is 3.27. The fraction of sp³-hybridized carbons (Fsp3) is 0.941. The molecule has 3 fully saturated rings. The number of nitrogens with zero attached hydrogens (tertiary/aromatic N) is 2. The van der Waals surface area contributed by atoms with Crippen LogP contribution in [-0.2, 0) is 4.79 Å². The number of nitrogens with one attached hydrogen (secondary N) is 1. The first-order chi connectivity index (χ1) is 10.3. The van der Waals surface area contributed by atoms with Crippen molar-refractivity contribution in [2.45, 2.75) is 76.4 Å². The van der Waals surface area contributed by atoms with Crippen molar-refractivity contribution in [3.63, 3.8) is 0 Å². The molecule has 2 heterocycles. The smallest absolute Gasteiger partial charge is 0.239 e. The number of carbonyl (C=O) groups is 1. The molecule has 1 amide bonds. The Kier molecular flexibility index (Phi) is 5.17. The van der Waals surface area contributed by atoms with E-state index in [1.807, 2.05) is 0 Å². The molecule has 120 valence electrons. The summed E-state index contributed by atoms with van der Waals surface area (Å²) < 4.78 is 0. The monoisotopic (exact) mass is 293 g/mol. The summed E-state index contributed by atoms with van der Waals surface area (Å²) in [6.07, 6.45) is 10.1. The summed E-state index contributed by atoms with van der Waals surface area (Å²) in [6, 6.07) is 1.33. The van der Waals surface area contributed by atoms with Crippen LogP contribution in [-0.4, -0.2) is 60.0 Å². The van der Waals surface area contributed by atoms with E-state index in [1.165, 1.54) is 51.4 Å². The summed E-state index contributed by atoms with van der Waals surface area (Å²) in [6.45, 7) is 6.30. The van der Waals surface area contributed by atoms with Gasteiger partial charge in [-0.15, -0.1) is 0 Å². The minimum absolute atomic E-state index is 0.0676. The maximum absolute atomic E-state index is 12.9. The second-order valence-corrected chi connectivity index (χ2v) is 7.14. The van der Waals surface area contributed by atoms with Crippen molar-refractivity contribution in [1.82, 2.24) is 15.1 Å². The zero-order valence-electron chi connectivity index (χ0n) is 13.5. The standard InChI is InChI=1S/C17H31N3O/c1-14(17(21)19-11-4-2-3-5-12-19)20(16-8-9-16)13-15-7-6-10-18-15/h14-16,18H,2-13H2,1H3. The van der Waals surface area contributed by atoms with Gasteiger partial charge in [0.05, 0.1) is 6.04 Å². The van der Waals surface area contributed by atoms with Crippen molar-refractivity contribution in [2.75, 3.05) is 26.2 Å². The molecule has 0 aromatic heterocycles. The van der Waals surface area contributed by atoms with Crippen LogP contribution in [0, 0.1) is 0 Å². The Morgan fingerprint density at radius 2 is 1.86 bits per heavy atom. The lowest BCUT2D eigenvalue weighted by Crippen LogP contribution is -2.51. The van der Waals surface area contributed by atoms with Crippen LogP contribution >= 0.6 is 0 Å². The summed E-state index contributed by atoms with van der Waals surface area (Å²) in [7, 11) is 0. The SMILES string of the molecule is CC(C(=O)N1CCCCCC1)N(CC1CCCN1)C1CC1. The molecule has 2 unspecified atom stereocenters. The molecule has 2 aliphatic heterocycles. The Bertz CT molecular complexity index is 342. The first-order valence-electron chi connectivity index (χ1n) is 9.03. The highest BCUT2D eigenvalue weighted by atomic mass is 16.2. The van der Waals surface area contributed by atoms with Crippen LogP contribution in [0.2, 0.25) is 0 Å². The number of hydrogen-bond acceptors (Lipinski definition) is 3. The Morgan fingerprint density at radius 1 is 1.14 bits per heavy atom. The maximum Gasteiger partial charge on any atom is 0.239 e. The number of amides is 1. The molecule has 0 aromatic carbocycles. The Hall–Kier alpha value is -0.610. The first kappa shape index (κ1) is 15.3. The lowest BCUT2D eigenvalue weighted by Gasteiger charge is -2.34. The molecule has 0 radical (unpaired) electrons. The van der Waals surface area contributed by atoms with Crippen molar-refractivity contribution in [2.24, 2.45) is 0 Å². The quantitative estimate of drug-likeness (QED) is 0.842. The van der Waals surface area contributed by atoms with E-state index >= 15 is 0 Å². The van der Waals surface area contributed by atoms with E-state index in [4.69, 9.17) is 0 Å². The van der Waals surface area contributed by atoms with E-state index in [1.54, 1.807) is 0 Å². The minimum atomic E-state index is 0.0676. The number of likely N-dealkylation sites (tertiary alicyclic amines) is 1. The lowest BCUT2D eigenvalue weighted by atomic mass is 10.1. The van der Waals surface area contributed by atoms with Gasteiger partial charge in [-0.1, -0.05) is 12.8 Å². The van der Waals surface area contributed by atoms with Gasteiger partial charge >= 0.3 is 0 Å². The van der Waals surface area contributed by atoms with Crippen molar-refractivity contribution in [3.8, 4) is 0 Å². The van der Waals surface area contributed by atoms with Gasteiger partial charge in [-0.25, -0.2) is 0 Å². The molecule has 0 spiro atoms. The maximum atomic E-state index is 12.9. The Labute approximate surface area is 129 Å². The molecule has 2 saturated heterocycles. The van der Waals surface area contributed by atoms with Crippen LogP contribution in [0.3, 0.4) is 0 Å². The largest absolute Gasteiger partial charge is 0.341 e. The second kappa shape index (κ2) is 7.10. The van der Waals surface area contributed by atoms with E-state index in [0.29, 0.717) is 18.0 Å². The second-order valence-electron chi connectivity index (χ2n) is 7.14. The van der Waals surface area contributed by atoms with Crippen molar-refractivity contribution >= 4 is 5.91 Å². The molecule has 3 aliphatic rings. The number of rotatable bonds is 5. The summed E-state index contributed by atoms with van der Waals surface area (Å²) in [5, 5.41) is 3.59. The highest BCUT2D eigenvalue weighted by molar-refractivity contribution is 5.81. The van der Waals surface area contributed by atoms with E-state index in [-0.39, 0.29) is 6.04 Å². The van der Waals surface area contributed by atoms with Crippen LogP contribution in [0.15, 0.2) is 0 Å². The summed E-state index contributed by atoms with van der Waals surface area (Å²) in [4.78, 5) is 17.5. The van der Waals surface area contributed by atoms with Crippen LogP contribution < -0.4 is 5.32 Å². The average molecular weight is 293 g/mol. The molecule has 0 aromatic rings. The van der Waals surface area contributed by atoms with Gasteiger partial charge in [0.1, 0.15) is 0 Å². The Morgan fingerprint density at radius 3 is 2.43 bits per heavy atom. The molecule has 0 bridgehead atoms. The van der Waals surface area contributed by atoms with E-state index in [2.05, 4.69) is 22.0 Å². The van der Waals surface area contributed by atoms with Crippen LogP contribution in [0.5, 0.6) is 0 Å². The normalized spacial score (nSPS) is 28.7. The molecule has 1 aliphatic carbocycles. The third-order valence-corrected chi connectivity index (χ3v) is 5.38. The van der Waals surface area contributed by atoms with Crippen molar-refractivity contribution in [3.05, 3.63) is 0 Å². The summed E-state index contributed by atoms with van der Waals surface area (Å²) in [5.74, 6) is 0.377. The van der Waals surface area contributed by atoms with Gasteiger partial charge in [0.2, 0.25) is 5.91 Å². The third-order valence-electron chi connectivity index (χ3n) is 5.38. The van der Waals surface area contributed by atoms with Crippen molar-refractivity contribution < 1.29 is 4.79 Å². The predicted octanol–water partition coefficient (Wildman–Crippen LogP) is 1.99. The van der Waals surface area contributed by atoms with Gasteiger partial charge in [-0.05, 0) is 52.0 Å². The van der Waals surface area contributed by atoms with Crippen LogP contribution in [0.4, 0.5) is 0 Å². The molecule has 2 atom stereocenters. The first-order valence-corrected chi connectivity index (χ1v) is 9.03. The fourth-order valence-corrected chi connectivity index (χ4v) is 3.89. The Balaban J connectivity index is 1.59. The molecule has 3 rings (SSSR count). The number of hydrogen-bond donors (Lipinski definition) is 1. The topological polar surface area (TPSA) is 35.6 Å². The minimum Gasteiger partial charge on any atom is -0.341 e. The van der Waals surface area contributed by atoms with E-state index in [0.717, 1.165) is 26.2 Å². The fourth-order valence-electron chi connectivity index (χ4n) is 3.89. The van der Waals surface area contributed by atoms with Gasteiger partial charge in [-0.2, -0.15) is 0 Å². The summed E-state index contributed by atoms with van der Waals surface area (Å²) in [5.41, 5.74) is 0. The highest BCUT2D eigenvalue weighted by Crippen LogP contribution is 2.30. The van der Waals surface area contributed by atoms with Gasteiger partial charge < -0.3 is 10.2 Å². The van der Waals surface area contributed by atoms with Crippen LogP contribution in [0.25, 0.3) is 0 Å². The predicted molar refractivity (Wildman–Crippen MR) is 85.3 cm³/mol. The number of carbonyl (C=O) groups excluding carboxylic acids is 1. The van der Waals surface area contributed by atoms with Crippen molar-refractivity contribution in [1.29, 1.82) is 0 Å². The van der Waals surface area contributed by atoms with E-state index in [9.17, 15) is 4.79 Å². The molecule has 21 heavy (non-hydrogen) atoms. The zero-order valence-corrected chi connectivity index (χ0v) is 13.5. The van der Waals surface area contributed by atoms with Crippen LogP contribution in [0.1, 0.15) is 58.3 Å². The van der Waals surface area contributed by atoms with Gasteiger partial charge in [0.15, 0.2) is 0 Å². The highest BCUT2D eigenvalue weighted by Gasteiger charge is 2.37. The lowest BCUT2D eigenvalue weighted by molar-refractivity contribution is -0.136. The molecule has 1 saturated carbocycles.